The maximum absolute atomic E-state index is 12.7. The van der Waals surface area contributed by atoms with Gasteiger partial charge in [-0.25, -0.2) is 9.59 Å². The topological polar surface area (TPSA) is 122 Å². The average molecular weight is 449 g/mol. The van der Waals surface area contributed by atoms with Crippen LogP contribution >= 0.6 is 0 Å². The minimum atomic E-state index is -0.920. The smallest absolute Gasteiger partial charge is 0.410 e. The molecule has 0 saturated carbocycles. The number of phenols is 1. The Kier molecular flexibility index (Phi) is 8.63. The van der Waals surface area contributed by atoms with E-state index in [1.165, 1.54) is 24.1 Å². The summed E-state index contributed by atoms with van der Waals surface area (Å²) < 4.78 is 10.1. The molecule has 1 aliphatic rings. The van der Waals surface area contributed by atoms with Crippen LogP contribution in [-0.2, 0) is 30.3 Å². The van der Waals surface area contributed by atoms with Crippen molar-refractivity contribution in [2.45, 2.75) is 70.6 Å². The SMILES string of the molecule is COC(=O)[C@H](Cc1ccc(O)cc1)NC(=O)CCC(=O)[C@@H]1CCCN1C(=O)OC(C)(C)C. The summed E-state index contributed by atoms with van der Waals surface area (Å²) in [6.45, 7) is 5.72. The molecule has 0 aromatic heterocycles. The molecule has 1 aromatic carbocycles. The van der Waals surface area contributed by atoms with E-state index in [9.17, 15) is 24.3 Å². The lowest BCUT2D eigenvalue weighted by Crippen LogP contribution is -2.45. The fourth-order valence-electron chi connectivity index (χ4n) is 3.51. The molecule has 1 aliphatic heterocycles. The van der Waals surface area contributed by atoms with Gasteiger partial charge in [-0.15, -0.1) is 0 Å². The average Bonchev–Trinajstić information content (AvgIpc) is 3.21. The summed E-state index contributed by atoms with van der Waals surface area (Å²) in [5.41, 5.74) is 0.0710. The molecule has 1 heterocycles. The lowest BCUT2D eigenvalue weighted by Gasteiger charge is -2.28. The number of carbonyl (C=O) groups excluding carboxylic acids is 4. The normalized spacial score (nSPS) is 16.9. The van der Waals surface area contributed by atoms with Crippen molar-refractivity contribution in [2.24, 2.45) is 0 Å². The Morgan fingerprint density at radius 1 is 1.16 bits per heavy atom. The first-order valence-corrected chi connectivity index (χ1v) is 10.7. The Labute approximate surface area is 188 Å². The van der Waals surface area contributed by atoms with Gasteiger partial charge in [0, 0.05) is 25.8 Å². The summed E-state index contributed by atoms with van der Waals surface area (Å²) >= 11 is 0. The van der Waals surface area contributed by atoms with Crippen LogP contribution in [0.15, 0.2) is 24.3 Å². The second-order valence-electron chi connectivity index (χ2n) is 8.81. The number of nitrogens with zero attached hydrogens (tertiary/aromatic N) is 1. The number of hydrogen-bond donors (Lipinski definition) is 2. The Balaban J connectivity index is 1.91. The molecule has 0 aliphatic carbocycles. The van der Waals surface area contributed by atoms with Gasteiger partial charge in [-0.1, -0.05) is 12.1 Å². The fraction of sp³-hybridized carbons (Fsp3) is 0.565. The van der Waals surface area contributed by atoms with E-state index in [2.05, 4.69) is 5.32 Å². The second-order valence-corrected chi connectivity index (χ2v) is 8.81. The highest BCUT2D eigenvalue weighted by Crippen LogP contribution is 2.22. The number of ketones is 1. The Morgan fingerprint density at radius 3 is 2.41 bits per heavy atom. The number of methoxy groups -OCH3 is 1. The first-order chi connectivity index (χ1) is 15.0. The minimum absolute atomic E-state index is 0.0527. The van der Waals surface area contributed by atoms with Crippen molar-refractivity contribution >= 4 is 23.8 Å². The van der Waals surface area contributed by atoms with Gasteiger partial charge in [0.1, 0.15) is 17.4 Å². The summed E-state index contributed by atoms with van der Waals surface area (Å²) in [6.07, 6.45) is 0.715. The largest absolute Gasteiger partial charge is 0.508 e. The third kappa shape index (κ3) is 7.55. The van der Waals surface area contributed by atoms with Crippen LogP contribution in [0.25, 0.3) is 0 Å². The van der Waals surface area contributed by atoms with Gasteiger partial charge < -0.3 is 19.9 Å². The van der Waals surface area contributed by atoms with Gasteiger partial charge in [0.15, 0.2) is 5.78 Å². The van der Waals surface area contributed by atoms with Crippen molar-refractivity contribution in [1.82, 2.24) is 10.2 Å². The second kappa shape index (κ2) is 11.0. The van der Waals surface area contributed by atoms with Crippen molar-refractivity contribution < 1.29 is 33.8 Å². The number of nitrogens with one attached hydrogen (secondary N) is 1. The van der Waals surface area contributed by atoms with E-state index in [4.69, 9.17) is 9.47 Å². The molecule has 32 heavy (non-hydrogen) atoms. The van der Waals surface area contributed by atoms with Crippen LogP contribution in [0.3, 0.4) is 0 Å². The third-order valence-corrected chi connectivity index (χ3v) is 5.05. The number of esters is 1. The van der Waals surface area contributed by atoms with Crippen LogP contribution in [-0.4, -0.2) is 65.1 Å². The number of rotatable bonds is 8. The van der Waals surface area contributed by atoms with Crippen LogP contribution in [0.5, 0.6) is 5.75 Å². The zero-order valence-corrected chi connectivity index (χ0v) is 19.1. The number of benzene rings is 1. The molecule has 0 unspecified atom stereocenters. The lowest BCUT2D eigenvalue weighted by molar-refractivity contribution is -0.145. The van der Waals surface area contributed by atoms with E-state index in [-0.39, 0.29) is 30.8 Å². The molecule has 1 saturated heterocycles. The third-order valence-electron chi connectivity index (χ3n) is 5.05. The number of carbonyl (C=O) groups is 4. The Hall–Kier alpha value is -3.10. The van der Waals surface area contributed by atoms with Crippen molar-refractivity contribution in [3.8, 4) is 5.75 Å². The van der Waals surface area contributed by atoms with Gasteiger partial charge >= 0.3 is 12.1 Å². The standard InChI is InChI=1S/C23H32N2O7/c1-23(2,3)32-22(30)25-13-5-6-18(25)19(27)11-12-20(28)24-17(21(29)31-4)14-15-7-9-16(26)10-8-15/h7-10,17-18,26H,5-6,11-14H2,1-4H3,(H,24,28)/t17-,18-/m0/s1. The number of amides is 2. The maximum Gasteiger partial charge on any atom is 0.410 e. The van der Waals surface area contributed by atoms with Crippen molar-refractivity contribution in [3.63, 3.8) is 0 Å². The molecule has 1 fully saturated rings. The molecular weight excluding hydrogens is 416 g/mol. The number of phenolic OH excluding ortho intramolecular Hbond substituents is 1. The molecule has 176 valence electrons. The van der Waals surface area contributed by atoms with E-state index in [0.29, 0.717) is 19.4 Å². The van der Waals surface area contributed by atoms with Crippen LogP contribution in [0, 0.1) is 0 Å². The number of likely N-dealkylation sites (tertiary alicyclic amines) is 1. The molecule has 0 radical (unpaired) electrons. The monoisotopic (exact) mass is 448 g/mol. The predicted molar refractivity (Wildman–Crippen MR) is 116 cm³/mol. The van der Waals surface area contributed by atoms with Crippen molar-refractivity contribution in [3.05, 3.63) is 29.8 Å². The van der Waals surface area contributed by atoms with Crippen molar-refractivity contribution in [2.75, 3.05) is 13.7 Å². The summed E-state index contributed by atoms with van der Waals surface area (Å²) in [7, 11) is 1.23. The summed E-state index contributed by atoms with van der Waals surface area (Å²) in [6, 6.07) is 4.74. The van der Waals surface area contributed by atoms with Gasteiger partial charge in [-0.2, -0.15) is 0 Å². The Morgan fingerprint density at radius 2 is 1.81 bits per heavy atom. The highest BCUT2D eigenvalue weighted by atomic mass is 16.6. The summed E-state index contributed by atoms with van der Waals surface area (Å²) in [5.74, 6) is -1.19. The fourth-order valence-corrected chi connectivity index (χ4v) is 3.51. The Bertz CT molecular complexity index is 830. The molecule has 0 bridgehead atoms. The predicted octanol–water partition coefficient (Wildman–Crippen LogP) is 2.34. The molecule has 0 spiro atoms. The van der Waals surface area contributed by atoms with Gasteiger partial charge in [-0.05, 0) is 51.3 Å². The van der Waals surface area contributed by atoms with Crippen LogP contribution in [0.1, 0.15) is 52.0 Å². The minimum Gasteiger partial charge on any atom is -0.508 e. The van der Waals surface area contributed by atoms with Gasteiger partial charge in [0.25, 0.3) is 0 Å². The molecule has 9 nitrogen and oxygen atoms in total. The summed E-state index contributed by atoms with van der Waals surface area (Å²) in [4.78, 5) is 51.0. The molecule has 1 aromatic rings. The molecule has 2 N–H and O–H groups in total. The molecule has 9 heteroatoms. The highest BCUT2D eigenvalue weighted by molar-refractivity contribution is 5.92. The van der Waals surface area contributed by atoms with E-state index < -0.39 is 35.7 Å². The maximum atomic E-state index is 12.7. The quantitative estimate of drug-likeness (QED) is 0.585. The number of aromatic hydroxyl groups is 1. The van der Waals surface area contributed by atoms with Crippen LogP contribution in [0.2, 0.25) is 0 Å². The number of Topliss-reactive ketones (excluding diaryl/α,β-unsaturated/α-hetero) is 1. The molecule has 2 atom stereocenters. The zero-order chi connectivity index (χ0) is 23.9. The van der Waals surface area contributed by atoms with Crippen molar-refractivity contribution in [1.29, 1.82) is 0 Å². The molecular formula is C23H32N2O7. The van der Waals surface area contributed by atoms with E-state index in [1.807, 2.05) is 0 Å². The van der Waals surface area contributed by atoms with Crippen LogP contribution < -0.4 is 5.32 Å². The van der Waals surface area contributed by atoms with E-state index in [1.54, 1.807) is 32.9 Å². The number of hydrogen-bond acceptors (Lipinski definition) is 7. The van der Waals surface area contributed by atoms with E-state index in [0.717, 1.165) is 5.56 Å². The lowest BCUT2D eigenvalue weighted by atomic mass is 10.0. The number of ether oxygens (including phenoxy) is 2. The first kappa shape index (κ1) is 25.2. The zero-order valence-electron chi connectivity index (χ0n) is 19.1. The van der Waals surface area contributed by atoms with Crippen LogP contribution in [0.4, 0.5) is 4.79 Å². The molecule has 2 rings (SSSR count). The summed E-state index contributed by atoms with van der Waals surface area (Å²) in [5, 5.41) is 12.0. The van der Waals surface area contributed by atoms with E-state index >= 15 is 0 Å². The van der Waals surface area contributed by atoms with Gasteiger partial charge in [-0.3, -0.25) is 14.5 Å². The molecule has 2 amide bonds. The van der Waals surface area contributed by atoms with Gasteiger partial charge in [0.05, 0.1) is 13.2 Å². The van der Waals surface area contributed by atoms with Gasteiger partial charge in [0.2, 0.25) is 5.91 Å². The highest BCUT2D eigenvalue weighted by Gasteiger charge is 2.36. The first-order valence-electron chi connectivity index (χ1n) is 10.7.